The summed E-state index contributed by atoms with van der Waals surface area (Å²) in [6.45, 7) is 0.652. The van der Waals surface area contributed by atoms with Crippen LogP contribution in [0.25, 0.3) is 0 Å². The summed E-state index contributed by atoms with van der Waals surface area (Å²) < 4.78 is 31.6. The largest absolute Gasteiger partial charge is 0.447 e. The number of hydrogen-bond acceptors (Lipinski definition) is 5. The van der Waals surface area contributed by atoms with Gasteiger partial charge in [-0.15, -0.1) is 0 Å². The zero-order valence-corrected chi connectivity index (χ0v) is 11.2. The second-order valence-corrected chi connectivity index (χ2v) is 7.11. The highest BCUT2D eigenvalue weighted by atomic mass is 32.2. The van der Waals surface area contributed by atoms with Crippen molar-refractivity contribution < 1.29 is 12.8 Å². The van der Waals surface area contributed by atoms with Gasteiger partial charge in [-0.05, 0) is 31.2 Å². The van der Waals surface area contributed by atoms with Crippen LogP contribution in [0.3, 0.4) is 0 Å². The molecule has 0 radical (unpaired) electrons. The van der Waals surface area contributed by atoms with E-state index >= 15 is 0 Å². The van der Waals surface area contributed by atoms with E-state index in [4.69, 9.17) is 10.2 Å². The molecule has 1 aromatic heterocycles. The van der Waals surface area contributed by atoms with E-state index in [0.29, 0.717) is 12.3 Å². The molecule has 7 heteroatoms. The third-order valence-corrected chi connectivity index (χ3v) is 5.62. The first-order chi connectivity index (χ1) is 8.01. The second kappa shape index (κ2) is 4.64. The summed E-state index contributed by atoms with van der Waals surface area (Å²) in [4.78, 5) is 0. The Morgan fingerprint density at radius 1 is 1.53 bits per heavy atom. The third-order valence-electron chi connectivity index (χ3n) is 2.93. The molecule has 0 aromatic carbocycles. The predicted octanol–water partition coefficient (Wildman–Crippen LogP) is 0.912. The number of nitrogens with one attached hydrogen (secondary N) is 1. The normalized spacial score (nSPS) is 18.2. The number of rotatable bonds is 6. The summed E-state index contributed by atoms with van der Waals surface area (Å²) in [6.07, 6.45) is 4.12. The van der Waals surface area contributed by atoms with Gasteiger partial charge in [0.05, 0.1) is 6.54 Å². The van der Waals surface area contributed by atoms with Gasteiger partial charge in [-0.25, -0.2) is 13.1 Å². The average molecular weight is 276 g/mol. The molecule has 0 saturated heterocycles. The second-order valence-electron chi connectivity index (χ2n) is 4.14. The molecule has 0 spiro atoms. The van der Waals surface area contributed by atoms with Crippen LogP contribution in [0, 0.1) is 0 Å². The van der Waals surface area contributed by atoms with Crippen LogP contribution in [0.1, 0.15) is 18.6 Å². The molecule has 17 heavy (non-hydrogen) atoms. The number of sulfonamides is 1. The molecule has 1 fully saturated rings. The molecular weight excluding hydrogens is 260 g/mol. The highest BCUT2D eigenvalue weighted by Gasteiger charge is 2.42. The molecule has 1 aliphatic rings. The van der Waals surface area contributed by atoms with Crippen molar-refractivity contribution in [1.82, 2.24) is 4.72 Å². The van der Waals surface area contributed by atoms with Gasteiger partial charge in [0, 0.05) is 11.3 Å². The van der Waals surface area contributed by atoms with Gasteiger partial charge in [-0.1, -0.05) is 0 Å². The molecule has 0 aliphatic heterocycles. The predicted molar refractivity (Wildman–Crippen MR) is 67.3 cm³/mol. The number of thioether (sulfide) groups is 1. The van der Waals surface area contributed by atoms with Gasteiger partial charge in [0.25, 0.3) is 10.0 Å². The fourth-order valence-electron chi connectivity index (χ4n) is 1.50. The van der Waals surface area contributed by atoms with Gasteiger partial charge in [-0.2, -0.15) is 11.8 Å². The Morgan fingerprint density at radius 2 is 2.24 bits per heavy atom. The number of hydrogen-bond donors (Lipinski definition) is 2. The van der Waals surface area contributed by atoms with Crippen LogP contribution in [-0.4, -0.2) is 26.0 Å². The van der Waals surface area contributed by atoms with Gasteiger partial charge in [0.2, 0.25) is 5.09 Å². The molecular formula is C10H16N2O3S2. The van der Waals surface area contributed by atoms with Crippen LogP contribution < -0.4 is 10.5 Å². The molecule has 2 rings (SSSR count). The fourth-order valence-corrected chi connectivity index (χ4v) is 3.39. The van der Waals surface area contributed by atoms with Crippen LogP contribution in [0.15, 0.2) is 21.6 Å². The molecule has 3 N–H and O–H groups in total. The first-order valence-corrected chi connectivity index (χ1v) is 8.06. The Morgan fingerprint density at radius 3 is 2.71 bits per heavy atom. The highest BCUT2D eigenvalue weighted by molar-refractivity contribution is 8.00. The average Bonchev–Trinajstić information content (AvgIpc) is 2.94. The van der Waals surface area contributed by atoms with Crippen LogP contribution in [0.2, 0.25) is 0 Å². The summed E-state index contributed by atoms with van der Waals surface area (Å²) in [7, 11) is -3.54. The minimum absolute atomic E-state index is 0.0603. The minimum Gasteiger partial charge on any atom is -0.447 e. The Balaban J connectivity index is 2.03. The summed E-state index contributed by atoms with van der Waals surface area (Å²) in [5, 5.41) is -0.0603. The van der Waals surface area contributed by atoms with Crippen LogP contribution in [-0.2, 0) is 16.6 Å². The lowest BCUT2D eigenvalue weighted by Gasteiger charge is -2.12. The Hall–Kier alpha value is -0.500. The summed E-state index contributed by atoms with van der Waals surface area (Å²) in [5.74, 6) is 0.469. The Bertz CT molecular complexity index is 491. The van der Waals surface area contributed by atoms with Gasteiger partial charge < -0.3 is 10.2 Å². The monoisotopic (exact) mass is 276 g/mol. The molecule has 0 atom stereocenters. The lowest BCUT2D eigenvalue weighted by molar-refractivity contribution is 0.412. The van der Waals surface area contributed by atoms with E-state index in [-0.39, 0.29) is 16.4 Å². The zero-order valence-electron chi connectivity index (χ0n) is 9.60. The molecule has 0 unspecified atom stereocenters. The van der Waals surface area contributed by atoms with E-state index in [1.807, 2.05) is 6.26 Å². The minimum atomic E-state index is -3.54. The van der Waals surface area contributed by atoms with Crippen LogP contribution in [0.5, 0.6) is 0 Å². The van der Waals surface area contributed by atoms with Crippen molar-refractivity contribution in [3.8, 4) is 0 Å². The third kappa shape index (κ3) is 2.85. The zero-order chi connectivity index (χ0) is 12.5. The van der Waals surface area contributed by atoms with Crippen molar-refractivity contribution in [3.05, 3.63) is 17.9 Å². The van der Waals surface area contributed by atoms with Gasteiger partial charge in [-0.3, -0.25) is 0 Å². The van der Waals surface area contributed by atoms with E-state index < -0.39 is 10.0 Å². The summed E-state index contributed by atoms with van der Waals surface area (Å²) in [6, 6.07) is 3.01. The van der Waals surface area contributed by atoms with E-state index in [9.17, 15) is 8.42 Å². The quantitative estimate of drug-likeness (QED) is 0.806. The maximum atomic E-state index is 11.9. The van der Waals surface area contributed by atoms with Crippen molar-refractivity contribution in [2.45, 2.75) is 29.2 Å². The first kappa shape index (κ1) is 12.9. The van der Waals surface area contributed by atoms with E-state index in [1.54, 1.807) is 17.8 Å². The topological polar surface area (TPSA) is 85.3 Å². The number of furan rings is 1. The lowest BCUT2D eigenvalue weighted by atomic mass is 10.4. The highest BCUT2D eigenvalue weighted by Crippen LogP contribution is 2.46. The van der Waals surface area contributed by atoms with Gasteiger partial charge in [0.1, 0.15) is 5.76 Å². The lowest BCUT2D eigenvalue weighted by Crippen LogP contribution is -2.31. The van der Waals surface area contributed by atoms with Gasteiger partial charge in [0.15, 0.2) is 0 Å². The van der Waals surface area contributed by atoms with Crippen LogP contribution in [0.4, 0.5) is 0 Å². The van der Waals surface area contributed by atoms with Crippen molar-refractivity contribution in [3.63, 3.8) is 0 Å². The maximum absolute atomic E-state index is 11.9. The fraction of sp³-hybridized carbons (Fsp3) is 0.600. The van der Waals surface area contributed by atoms with Crippen molar-refractivity contribution >= 4 is 21.8 Å². The van der Waals surface area contributed by atoms with Gasteiger partial charge >= 0.3 is 0 Å². The van der Waals surface area contributed by atoms with E-state index in [0.717, 1.165) is 12.8 Å². The molecule has 0 bridgehead atoms. The molecule has 1 heterocycles. The molecule has 1 aromatic rings. The van der Waals surface area contributed by atoms with Crippen molar-refractivity contribution in [2.75, 3.05) is 12.8 Å². The first-order valence-electron chi connectivity index (χ1n) is 5.35. The number of nitrogens with two attached hydrogens (primary N) is 1. The molecule has 0 amide bonds. The van der Waals surface area contributed by atoms with E-state index in [1.165, 1.54) is 6.07 Å². The van der Waals surface area contributed by atoms with Crippen LogP contribution >= 0.6 is 11.8 Å². The SMILES string of the molecule is CSC1(CNS(=O)(=O)c2ccc(CN)o2)CC1. The van der Waals surface area contributed by atoms with Crippen molar-refractivity contribution in [1.29, 1.82) is 0 Å². The molecule has 1 saturated carbocycles. The summed E-state index contributed by atoms with van der Waals surface area (Å²) in [5.41, 5.74) is 5.37. The molecule has 5 nitrogen and oxygen atoms in total. The standard InChI is InChI=1S/C10H16N2O3S2/c1-16-10(4-5-10)7-12-17(13,14)9-3-2-8(6-11)15-9/h2-3,12H,4-7,11H2,1H3. The maximum Gasteiger partial charge on any atom is 0.274 e. The Kier molecular flexibility index (Phi) is 3.53. The van der Waals surface area contributed by atoms with Crippen molar-refractivity contribution in [2.24, 2.45) is 5.73 Å². The smallest absolute Gasteiger partial charge is 0.274 e. The van der Waals surface area contributed by atoms with E-state index in [2.05, 4.69) is 4.72 Å². The molecule has 1 aliphatic carbocycles. The molecule has 96 valence electrons. The Labute approximate surface area is 105 Å². The summed E-state index contributed by atoms with van der Waals surface area (Å²) >= 11 is 1.71.